The quantitative estimate of drug-likeness (QED) is 0.302. The highest BCUT2D eigenvalue weighted by Gasteiger charge is 2.34. The molecule has 46 heavy (non-hydrogen) atoms. The van der Waals surface area contributed by atoms with Crippen molar-refractivity contribution in [3.8, 4) is 0 Å². The Morgan fingerprint density at radius 1 is 0.587 bits per heavy atom. The van der Waals surface area contributed by atoms with Gasteiger partial charge in [0.05, 0.1) is 13.1 Å². The molecule has 6 atom stereocenters. The monoisotopic (exact) mass is 627 g/mol. The predicted octanol–water partition coefficient (Wildman–Crippen LogP) is 7.29. The Morgan fingerprint density at radius 2 is 0.978 bits per heavy atom. The molecule has 6 unspecified atom stereocenters. The van der Waals surface area contributed by atoms with Gasteiger partial charge in [-0.2, -0.15) is 0 Å². The fraction of sp³-hybridized carbons (Fsp3) is 0.650. The van der Waals surface area contributed by atoms with Crippen LogP contribution in [0.15, 0.2) is 70.6 Å². The topological polar surface area (TPSA) is 55.3 Å². The number of rotatable bonds is 8. The lowest BCUT2D eigenvalue weighted by Crippen LogP contribution is -2.58. The van der Waals surface area contributed by atoms with Gasteiger partial charge in [0.25, 0.3) is 0 Å². The zero-order valence-electron chi connectivity index (χ0n) is 29.3. The highest BCUT2D eigenvalue weighted by atomic mass is 15.2. The zero-order chi connectivity index (χ0) is 32.1. The number of nitrogens with one attached hydrogen (secondary N) is 2. The summed E-state index contributed by atoms with van der Waals surface area (Å²) < 4.78 is 0. The summed E-state index contributed by atoms with van der Waals surface area (Å²) in [7, 11) is 0. The second-order valence-electron chi connectivity index (χ2n) is 14.6. The van der Waals surface area contributed by atoms with Crippen LogP contribution in [0.3, 0.4) is 0 Å². The molecule has 0 radical (unpaired) electrons. The average molecular weight is 627 g/mol. The SMILES string of the molecule is CC(CN1CCC(C)NC2CCCCC2N(CC(C)=NCc2ccccc2)CCC(C)NC2CCCCC21)=NCc1ccccc1. The first kappa shape index (κ1) is 34.9. The number of hydrogen-bond donors (Lipinski definition) is 2. The van der Waals surface area contributed by atoms with Gasteiger partial charge >= 0.3 is 0 Å². The standard InChI is InChI=1S/C40H62N6/c1-31-23-25-45(29-33(3)41-27-35-15-7-5-8-16-35)40-22-14-12-20-38(40)44-32(2)24-26-46(39-21-13-11-19-37(39)43-31)30-34(4)42-28-36-17-9-6-10-18-36/h5-10,15-18,31-32,37-40,43-44H,11-14,19-30H2,1-4H3. The first-order chi connectivity index (χ1) is 22.4. The smallest absolute Gasteiger partial charge is 0.0639 e. The molecule has 2 saturated carbocycles. The van der Waals surface area contributed by atoms with Crippen molar-refractivity contribution >= 4 is 11.4 Å². The first-order valence-corrected chi connectivity index (χ1v) is 18.5. The molecule has 6 heteroatoms. The molecule has 2 aliphatic carbocycles. The first-order valence-electron chi connectivity index (χ1n) is 18.5. The summed E-state index contributed by atoms with van der Waals surface area (Å²) in [6.45, 7) is 15.1. The van der Waals surface area contributed by atoms with Gasteiger partial charge in [0.2, 0.25) is 0 Å². The van der Waals surface area contributed by atoms with Gasteiger partial charge in [-0.1, -0.05) is 86.3 Å². The largest absolute Gasteiger partial charge is 0.310 e. The molecule has 3 aliphatic rings. The number of nitrogens with zero attached hydrogens (tertiary/aromatic N) is 4. The van der Waals surface area contributed by atoms with Crippen molar-refractivity contribution in [2.75, 3.05) is 26.2 Å². The van der Waals surface area contributed by atoms with Crippen molar-refractivity contribution in [2.24, 2.45) is 9.98 Å². The Labute approximate surface area is 280 Å². The van der Waals surface area contributed by atoms with E-state index < -0.39 is 0 Å². The summed E-state index contributed by atoms with van der Waals surface area (Å²) in [5.41, 5.74) is 5.10. The Bertz CT molecular complexity index is 1120. The molecule has 0 aromatic heterocycles. The average Bonchev–Trinajstić information content (AvgIpc) is 3.08. The van der Waals surface area contributed by atoms with Gasteiger partial charge in [0, 0.05) is 73.9 Å². The van der Waals surface area contributed by atoms with Gasteiger partial charge in [-0.3, -0.25) is 19.8 Å². The molecular formula is C40H62N6. The van der Waals surface area contributed by atoms with Crippen molar-refractivity contribution < 1.29 is 0 Å². The van der Waals surface area contributed by atoms with Crippen LogP contribution in [-0.2, 0) is 13.1 Å². The van der Waals surface area contributed by atoms with Gasteiger partial charge in [0.15, 0.2) is 0 Å². The minimum absolute atomic E-state index is 0.487. The van der Waals surface area contributed by atoms with Crippen molar-refractivity contribution in [1.29, 1.82) is 0 Å². The highest BCUT2D eigenvalue weighted by Crippen LogP contribution is 2.27. The van der Waals surface area contributed by atoms with Gasteiger partial charge in [-0.15, -0.1) is 0 Å². The molecule has 6 nitrogen and oxygen atoms in total. The van der Waals surface area contributed by atoms with E-state index in [2.05, 4.69) is 109 Å². The van der Waals surface area contributed by atoms with E-state index in [4.69, 9.17) is 9.98 Å². The van der Waals surface area contributed by atoms with Crippen LogP contribution in [0.4, 0.5) is 0 Å². The second kappa shape index (κ2) is 18.2. The van der Waals surface area contributed by atoms with Crippen LogP contribution in [-0.4, -0.2) is 83.7 Å². The summed E-state index contributed by atoms with van der Waals surface area (Å²) in [5.74, 6) is 0. The minimum Gasteiger partial charge on any atom is -0.310 e. The molecule has 2 aromatic carbocycles. The van der Waals surface area contributed by atoms with Crippen LogP contribution in [0, 0.1) is 0 Å². The lowest BCUT2D eigenvalue weighted by atomic mass is 9.86. The molecule has 5 rings (SSSR count). The summed E-state index contributed by atoms with van der Waals surface area (Å²) in [5, 5.41) is 8.37. The highest BCUT2D eigenvalue weighted by molar-refractivity contribution is 5.84. The van der Waals surface area contributed by atoms with Crippen LogP contribution >= 0.6 is 0 Å². The maximum atomic E-state index is 5.06. The molecule has 2 N–H and O–H groups in total. The summed E-state index contributed by atoms with van der Waals surface area (Å²) >= 11 is 0. The van der Waals surface area contributed by atoms with Crippen LogP contribution in [0.25, 0.3) is 0 Å². The van der Waals surface area contributed by atoms with Gasteiger partial charge in [-0.25, -0.2) is 0 Å². The van der Waals surface area contributed by atoms with E-state index in [1.165, 1.54) is 86.8 Å². The zero-order valence-corrected chi connectivity index (χ0v) is 29.3. The Kier molecular flexibility index (Phi) is 13.9. The molecule has 0 bridgehead atoms. The van der Waals surface area contributed by atoms with E-state index in [-0.39, 0.29) is 0 Å². The number of fused-ring (bicyclic) bond motifs is 2. The van der Waals surface area contributed by atoms with Gasteiger partial charge in [-0.05, 0) is 77.3 Å². The lowest BCUT2D eigenvalue weighted by Gasteiger charge is -2.45. The van der Waals surface area contributed by atoms with Crippen LogP contribution in [0.5, 0.6) is 0 Å². The number of aliphatic imine (C=N–C) groups is 2. The summed E-state index contributed by atoms with van der Waals surface area (Å²) in [4.78, 5) is 15.7. The van der Waals surface area contributed by atoms with Crippen LogP contribution < -0.4 is 10.6 Å². The van der Waals surface area contributed by atoms with Crippen molar-refractivity contribution in [3.05, 3.63) is 71.8 Å². The third-order valence-electron chi connectivity index (χ3n) is 10.7. The van der Waals surface area contributed by atoms with E-state index >= 15 is 0 Å². The van der Waals surface area contributed by atoms with E-state index in [0.29, 0.717) is 36.3 Å². The Hall–Kier alpha value is -2.38. The second-order valence-corrected chi connectivity index (χ2v) is 14.6. The third kappa shape index (κ3) is 10.8. The normalized spacial score (nSPS) is 29.8. The minimum atomic E-state index is 0.487. The van der Waals surface area contributed by atoms with E-state index in [1.54, 1.807) is 0 Å². The summed E-state index contributed by atoms with van der Waals surface area (Å²) in [6, 6.07) is 24.6. The fourth-order valence-electron chi connectivity index (χ4n) is 8.13. The summed E-state index contributed by atoms with van der Waals surface area (Å²) in [6.07, 6.45) is 12.8. The molecule has 1 aliphatic heterocycles. The molecule has 1 saturated heterocycles. The molecule has 0 spiro atoms. The molecule has 2 aromatic rings. The molecule has 1 heterocycles. The van der Waals surface area contributed by atoms with Crippen molar-refractivity contribution in [2.45, 2.75) is 141 Å². The van der Waals surface area contributed by atoms with Crippen molar-refractivity contribution in [3.63, 3.8) is 0 Å². The molecule has 3 fully saturated rings. The molecule has 252 valence electrons. The maximum absolute atomic E-state index is 5.06. The van der Waals surface area contributed by atoms with Gasteiger partial charge < -0.3 is 10.6 Å². The van der Waals surface area contributed by atoms with Crippen molar-refractivity contribution in [1.82, 2.24) is 20.4 Å². The Balaban J connectivity index is 1.31. The molecule has 0 amide bonds. The number of benzene rings is 2. The van der Waals surface area contributed by atoms with E-state index in [0.717, 1.165) is 39.3 Å². The van der Waals surface area contributed by atoms with E-state index in [9.17, 15) is 0 Å². The predicted molar refractivity (Wildman–Crippen MR) is 196 cm³/mol. The Morgan fingerprint density at radius 3 is 1.39 bits per heavy atom. The van der Waals surface area contributed by atoms with Gasteiger partial charge in [0.1, 0.15) is 0 Å². The number of hydrogen-bond acceptors (Lipinski definition) is 6. The van der Waals surface area contributed by atoms with E-state index in [1.807, 2.05) is 0 Å². The maximum Gasteiger partial charge on any atom is 0.0639 e. The molecular weight excluding hydrogens is 564 g/mol. The third-order valence-corrected chi connectivity index (χ3v) is 10.7. The fourth-order valence-corrected chi connectivity index (χ4v) is 8.13. The van der Waals surface area contributed by atoms with Crippen LogP contribution in [0.2, 0.25) is 0 Å². The lowest BCUT2D eigenvalue weighted by molar-refractivity contribution is 0.102. The van der Waals surface area contributed by atoms with Crippen LogP contribution in [0.1, 0.15) is 103 Å².